The average molecular weight is 933 g/mol. The molecule has 1 saturated heterocycles. The number of Topliss-reactive ketones (excluding diaryl/α,β-unsaturated/α-hetero) is 1. The zero-order valence-corrected chi connectivity index (χ0v) is 40.1. The molecule has 1 aromatic heterocycles. The van der Waals surface area contributed by atoms with E-state index in [1.807, 2.05) is 0 Å². The highest BCUT2D eigenvalue weighted by Gasteiger charge is 2.45. The van der Waals surface area contributed by atoms with Crippen molar-refractivity contribution in [3.05, 3.63) is 60.2 Å². The highest BCUT2D eigenvalue weighted by molar-refractivity contribution is 6.38. The number of amides is 8. The molecule has 6 atom stereocenters. The van der Waals surface area contributed by atoms with Crippen molar-refractivity contribution in [2.45, 2.75) is 129 Å². The molecule has 2 heterocycles. The Kier molecular flexibility index (Phi) is 18.9. The molecule has 20 heteroatoms. The normalized spacial score (nSPS) is 18.2. The van der Waals surface area contributed by atoms with Gasteiger partial charge in [0.1, 0.15) is 29.4 Å². The lowest BCUT2D eigenvalue weighted by Crippen LogP contribution is -2.61. The van der Waals surface area contributed by atoms with E-state index in [0.717, 1.165) is 19.3 Å². The molecule has 1 aliphatic carbocycles. The molecular formula is C47H68N10O10. The summed E-state index contributed by atoms with van der Waals surface area (Å²) in [6.45, 7) is 11.0. The molecule has 8 amide bonds. The Bertz CT molecular complexity index is 2080. The Morgan fingerprint density at radius 1 is 0.836 bits per heavy atom. The van der Waals surface area contributed by atoms with Crippen molar-refractivity contribution < 1.29 is 47.9 Å². The quantitative estimate of drug-likeness (QED) is 0.117. The minimum atomic E-state index is -1.35. The number of likely N-dealkylation sites (tertiary alicyclic amines) is 1. The Balaban J connectivity index is 1.51. The van der Waals surface area contributed by atoms with Crippen LogP contribution in [0.5, 0.6) is 0 Å². The number of hydrogen-bond donors (Lipinski definition) is 6. The number of ketones is 1. The Morgan fingerprint density at radius 3 is 2.09 bits per heavy atom. The van der Waals surface area contributed by atoms with Crippen molar-refractivity contribution in [3.8, 4) is 0 Å². The first kappa shape index (κ1) is 53.1. The van der Waals surface area contributed by atoms with E-state index < -0.39 is 107 Å². The number of hydrogen-bond acceptors (Lipinski definition) is 12. The third kappa shape index (κ3) is 15.6. The first-order valence-electron chi connectivity index (χ1n) is 22.8. The summed E-state index contributed by atoms with van der Waals surface area (Å²) in [4.78, 5) is 133. The van der Waals surface area contributed by atoms with E-state index in [-0.39, 0.29) is 31.1 Å². The molecule has 0 unspecified atom stereocenters. The fourth-order valence-corrected chi connectivity index (χ4v) is 8.01. The van der Waals surface area contributed by atoms with E-state index >= 15 is 0 Å². The van der Waals surface area contributed by atoms with Crippen LogP contribution >= 0.6 is 0 Å². The van der Waals surface area contributed by atoms with Crippen LogP contribution in [0.3, 0.4) is 0 Å². The lowest BCUT2D eigenvalue weighted by Gasteiger charge is -2.35. The van der Waals surface area contributed by atoms with Gasteiger partial charge >= 0.3 is 6.09 Å². The van der Waals surface area contributed by atoms with E-state index in [1.54, 1.807) is 78.8 Å². The van der Waals surface area contributed by atoms with Crippen molar-refractivity contribution in [1.29, 1.82) is 0 Å². The van der Waals surface area contributed by atoms with Crippen molar-refractivity contribution in [2.24, 2.45) is 17.3 Å². The molecule has 366 valence electrons. The fraction of sp³-hybridized carbons (Fsp3) is 0.596. The van der Waals surface area contributed by atoms with Crippen molar-refractivity contribution >= 4 is 53.2 Å². The summed E-state index contributed by atoms with van der Waals surface area (Å²) in [5, 5.41) is 16.1. The number of carbonyl (C=O) groups excluding carboxylic acids is 9. The Hall–Kier alpha value is -6.47. The maximum Gasteiger partial charge on any atom is 0.410 e. The van der Waals surface area contributed by atoms with Crippen molar-refractivity contribution in [1.82, 2.24) is 51.7 Å². The van der Waals surface area contributed by atoms with Gasteiger partial charge in [0.2, 0.25) is 35.3 Å². The molecule has 2 aliphatic rings. The third-order valence-corrected chi connectivity index (χ3v) is 11.5. The monoisotopic (exact) mass is 933 g/mol. The molecule has 1 aliphatic heterocycles. The van der Waals surface area contributed by atoms with Crippen molar-refractivity contribution in [3.63, 3.8) is 0 Å². The SMILES string of the molecule is CCC[C@H](NC(=O)[C@@H]1CN(C(=O)OC(C)(C)C)C[C@@H]1NC(=O)[C@H](NC(=O)[C@@H](NC(=O)c1cnccn1)C1CCCCC1)C(C)(C)C)C(=O)C(=O)NCC(=O)N[C@H](C(=O)N(C)C)c1ccccc1. The number of nitrogens with one attached hydrogen (secondary N) is 6. The molecular weight excluding hydrogens is 865 g/mol. The minimum Gasteiger partial charge on any atom is -0.444 e. The zero-order chi connectivity index (χ0) is 49.6. The number of carbonyl (C=O) groups is 9. The molecule has 0 radical (unpaired) electrons. The second-order valence-corrected chi connectivity index (χ2v) is 19.4. The Labute approximate surface area is 392 Å². The van der Waals surface area contributed by atoms with Crippen LogP contribution in [0.2, 0.25) is 0 Å². The number of benzene rings is 1. The van der Waals surface area contributed by atoms with Gasteiger partial charge in [-0.25, -0.2) is 9.78 Å². The van der Waals surface area contributed by atoms with Crippen LogP contribution in [0.25, 0.3) is 0 Å². The first-order valence-corrected chi connectivity index (χ1v) is 22.8. The average Bonchev–Trinajstić information content (AvgIpc) is 3.71. The number of rotatable bonds is 18. The van der Waals surface area contributed by atoms with Crippen LogP contribution in [0.1, 0.15) is 116 Å². The van der Waals surface area contributed by atoms with Crippen LogP contribution < -0.4 is 31.9 Å². The minimum absolute atomic E-state index is 0.0272. The summed E-state index contributed by atoms with van der Waals surface area (Å²) < 4.78 is 5.60. The maximum atomic E-state index is 14.4. The summed E-state index contributed by atoms with van der Waals surface area (Å²) in [6, 6.07) is 2.85. The first-order chi connectivity index (χ1) is 31.5. The molecule has 67 heavy (non-hydrogen) atoms. The lowest BCUT2D eigenvalue weighted by molar-refractivity contribution is -0.141. The number of likely N-dealkylation sites (N-methyl/N-ethyl adjacent to an activating group) is 1. The van der Waals surface area contributed by atoms with Gasteiger partial charge < -0.3 is 46.4 Å². The van der Waals surface area contributed by atoms with Gasteiger partial charge in [0.25, 0.3) is 11.8 Å². The molecule has 0 spiro atoms. The second kappa shape index (κ2) is 23.8. The van der Waals surface area contributed by atoms with Gasteiger partial charge in [0.05, 0.1) is 30.7 Å². The van der Waals surface area contributed by atoms with Crippen LogP contribution in [-0.2, 0) is 38.3 Å². The van der Waals surface area contributed by atoms with Gasteiger partial charge in [-0.15, -0.1) is 0 Å². The third-order valence-electron chi connectivity index (χ3n) is 11.5. The summed E-state index contributed by atoms with van der Waals surface area (Å²) in [5.74, 6) is -7.30. The van der Waals surface area contributed by atoms with E-state index in [4.69, 9.17) is 4.74 Å². The van der Waals surface area contributed by atoms with Gasteiger partial charge in [-0.05, 0) is 56.9 Å². The van der Waals surface area contributed by atoms with E-state index in [2.05, 4.69) is 41.9 Å². The van der Waals surface area contributed by atoms with Crippen LogP contribution in [0, 0.1) is 17.3 Å². The highest BCUT2D eigenvalue weighted by Crippen LogP contribution is 2.29. The molecule has 1 aromatic carbocycles. The number of nitrogens with zero attached hydrogens (tertiary/aromatic N) is 4. The highest BCUT2D eigenvalue weighted by atomic mass is 16.6. The second-order valence-electron chi connectivity index (χ2n) is 19.4. The Morgan fingerprint density at radius 2 is 1.51 bits per heavy atom. The summed E-state index contributed by atoms with van der Waals surface area (Å²) in [7, 11) is 3.07. The van der Waals surface area contributed by atoms with Crippen LogP contribution in [-0.4, -0.2) is 136 Å². The maximum absolute atomic E-state index is 14.4. The molecule has 2 aromatic rings. The molecule has 2 fully saturated rings. The van der Waals surface area contributed by atoms with E-state index in [9.17, 15) is 43.2 Å². The topological polar surface area (TPSA) is 267 Å². The molecule has 4 rings (SSSR count). The van der Waals surface area contributed by atoms with Crippen LogP contribution in [0.15, 0.2) is 48.9 Å². The number of ether oxygens (including phenoxy) is 1. The zero-order valence-electron chi connectivity index (χ0n) is 40.1. The standard InChI is InChI=1S/C47H68N10O10/c1-10-17-31(37(59)42(63)50-25-34(58)53-36(44(65)56(8)9)29-20-15-12-16-21-29)51-39(60)30-26-57(45(66)67-47(5,6)7)27-33(30)52-43(64)38(46(2,3)4)55-41(62)35(28-18-13-11-14-19-28)54-40(61)32-24-48-22-23-49-32/h12,15-16,20-24,28,30-31,33,35-36,38H,10-11,13-14,17-19,25-27H2,1-9H3,(H,50,63)(H,51,60)(H,52,64)(H,53,58)(H,54,61)(H,55,62)/t30-,31+,33+,35+,36+,38+/m1/s1. The molecule has 1 saturated carbocycles. The summed E-state index contributed by atoms with van der Waals surface area (Å²) >= 11 is 0. The predicted molar refractivity (Wildman–Crippen MR) is 245 cm³/mol. The van der Waals surface area contributed by atoms with Gasteiger partial charge in [-0.2, -0.15) is 0 Å². The molecule has 0 bridgehead atoms. The van der Waals surface area contributed by atoms with Crippen LogP contribution in [0.4, 0.5) is 4.79 Å². The largest absolute Gasteiger partial charge is 0.444 e. The summed E-state index contributed by atoms with van der Waals surface area (Å²) in [5.41, 5.74) is -1.26. The number of aromatic nitrogens is 2. The summed E-state index contributed by atoms with van der Waals surface area (Å²) in [6.07, 6.45) is 7.80. The van der Waals surface area contributed by atoms with Gasteiger partial charge in [-0.1, -0.05) is 83.7 Å². The van der Waals surface area contributed by atoms with E-state index in [1.165, 1.54) is 42.5 Å². The smallest absolute Gasteiger partial charge is 0.410 e. The van der Waals surface area contributed by atoms with Gasteiger partial charge in [0.15, 0.2) is 0 Å². The molecule has 6 N–H and O–H groups in total. The van der Waals surface area contributed by atoms with E-state index in [0.29, 0.717) is 24.8 Å². The van der Waals surface area contributed by atoms with Gasteiger partial charge in [0, 0.05) is 39.6 Å². The van der Waals surface area contributed by atoms with Crippen molar-refractivity contribution in [2.75, 3.05) is 33.7 Å². The van der Waals surface area contributed by atoms with Gasteiger partial charge in [-0.3, -0.25) is 43.3 Å². The molecule has 20 nitrogen and oxygen atoms in total. The lowest BCUT2D eigenvalue weighted by atomic mass is 9.82. The fourth-order valence-electron chi connectivity index (χ4n) is 8.01. The predicted octanol–water partition coefficient (Wildman–Crippen LogP) is 1.95.